The molecule has 2 aromatic carbocycles. The van der Waals surface area contributed by atoms with Gasteiger partial charge in [0.2, 0.25) is 0 Å². The van der Waals surface area contributed by atoms with Crippen molar-refractivity contribution in [3.05, 3.63) is 59.1 Å². The summed E-state index contributed by atoms with van der Waals surface area (Å²) >= 11 is 5.88. The molecule has 0 radical (unpaired) electrons. The molecular weight excluding hydrogens is 356 g/mol. The van der Waals surface area contributed by atoms with Crippen molar-refractivity contribution in [1.29, 1.82) is 0 Å². The van der Waals surface area contributed by atoms with Gasteiger partial charge in [-0.2, -0.15) is 5.11 Å². The van der Waals surface area contributed by atoms with Crippen molar-refractivity contribution in [3.8, 4) is 5.75 Å². The second-order valence-corrected chi connectivity index (χ2v) is 6.47. The van der Waals surface area contributed by atoms with Crippen LogP contribution in [0.25, 0.3) is 0 Å². The van der Waals surface area contributed by atoms with E-state index in [0.717, 1.165) is 10.5 Å². The lowest BCUT2D eigenvalue weighted by Crippen LogP contribution is -2.39. The predicted molar refractivity (Wildman–Crippen MR) is 94.9 cm³/mol. The quantitative estimate of drug-likeness (QED) is 0.775. The summed E-state index contributed by atoms with van der Waals surface area (Å²) in [5, 5.41) is 10.2. The minimum absolute atomic E-state index is 0.338. The molecule has 0 bridgehead atoms. The first-order chi connectivity index (χ1) is 12.6. The van der Waals surface area contributed by atoms with Gasteiger partial charge in [0.15, 0.2) is 12.1 Å². The van der Waals surface area contributed by atoms with Gasteiger partial charge in [0.25, 0.3) is 11.8 Å². The molecule has 2 atom stereocenters. The van der Waals surface area contributed by atoms with Gasteiger partial charge in [0.05, 0.1) is 19.3 Å². The molecule has 0 spiro atoms. The number of hydrogen-bond acceptors (Lipinski definition) is 6. The standard InChI is InChI=1S/C18H15ClN4O3/c1-26-14-4-2-3-11(9-14)10-22-16-15(20-21-22)17(24)23(18(16)25)13-7-5-12(19)6-8-13/h2-9,15-16H,10H2,1H3/t15-,16-/m0/s1. The average molecular weight is 371 g/mol. The van der Waals surface area contributed by atoms with Crippen LogP contribution in [0.2, 0.25) is 5.02 Å². The molecule has 2 heterocycles. The number of ether oxygens (including phenoxy) is 1. The number of carbonyl (C=O) groups is 2. The number of halogens is 1. The highest BCUT2D eigenvalue weighted by atomic mass is 35.5. The van der Waals surface area contributed by atoms with Crippen molar-refractivity contribution in [1.82, 2.24) is 5.01 Å². The van der Waals surface area contributed by atoms with Crippen LogP contribution >= 0.6 is 11.6 Å². The molecule has 132 valence electrons. The lowest BCUT2D eigenvalue weighted by Gasteiger charge is -2.20. The van der Waals surface area contributed by atoms with E-state index in [-0.39, 0.29) is 11.8 Å². The third-order valence-electron chi connectivity index (χ3n) is 4.42. The molecule has 2 amide bonds. The fraction of sp³-hybridized carbons (Fsp3) is 0.222. The van der Waals surface area contributed by atoms with Gasteiger partial charge in [0, 0.05) is 5.02 Å². The summed E-state index contributed by atoms with van der Waals surface area (Å²) in [6.45, 7) is 0.356. The molecule has 4 rings (SSSR count). The fourth-order valence-corrected chi connectivity index (χ4v) is 3.28. The summed E-state index contributed by atoms with van der Waals surface area (Å²) in [6.07, 6.45) is 0. The number of benzene rings is 2. The first-order valence-electron chi connectivity index (χ1n) is 8.02. The Kier molecular flexibility index (Phi) is 4.08. The van der Waals surface area contributed by atoms with Crippen LogP contribution in [0.15, 0.2) is 58.9 Å². The Bertz CT molecular complexity index is 900. The number of fused-ring (bicyclic) bond motifs is 1. The molecule has 2 aliphatic heterocycles. The van der Waals surface area contributed by atoms with E-state index in [2.05, 4.69) is 10.3 Å². The van der Waals surface area contributed by atoms with Crippen molar-refractivity contribution in [2.45, 2.75) is 18.6 Å². The lowest BCUT2D eigenvalue weighted by atomic mass is 10.1. The average Bonchev–Trinajstić information content (AvgIpc) is 3.17. The van der Waals surface area contributed by atoms with E-state index in [1.165, 1.54) is 0 Å². The molecule has 26 heavy (non-hydrogen) atoms. The molecule has 0 N–H and O–H groups in total. The van der Waals surface area contributed by atoms with E-state index in [1.54, 1.807) is 36.4 Å². The number of amides is 2. The minimum atomic E-state index is -0.816. The third-order valence-corrected chi connectivity index (χ3v) is 4.67. The number of hydrogen-bond donors (Lipinski definition) is 0. The third kappa shape index (κ3) is 2.70. The van der Waals surface area contributed by atoms with Crippen molar-refractivity contribution >= 4 is 29.1 Å². The summed E-state index contributed by atoms with van der Waals surface area (Å²) in [6, 6.07) is 12.5. The highest BCUT2D eigenvalue weighted by molar-refractivity contribution is 6.31. The molecule has 2 aromatic rings. The van der Waals surface area contributed by atoms with Crippen LogP contribution in [-0.2, 0) is 16.1 Å². The van der Waals surface area contributed by atoms with E-state index in [4.69, 9.17) is 16.3 Å². The Hall–Kier alpha value is -2.93. The van der Waals surface area contributed by atoms with E-state index < -0.39 is 12.1 Å². The van der Waals surface area contributed by atoms with Gasteiger partial charge in [-0.05, 0) is 42.0 Å². The van der Waals surface area contributed by atoms with Crippen LogP contribution in [0.1, 0.15) is 5.56 Å². The van der Waals surface area contributed by atoms with Crippen LogP contribution in [-0.4, -0.2) is 36.0 Å². The summed E-state index contributed by atoms with van der Waals surface area (Å²) in [5.41, 5.74) is 1.39. The zero-order valence-electron chi connectivity index (χ0n) is 13.9. The SMILES string of the molecule is COc1cccc(CN2N=N[C@@H]3C(=O)N(c4ccc(Cl)cc4)C(=O)[C@H]32)c1. The first-order valence-corrected chi connectivity index (χ1v) is 8.40. The molecule has 2 aliphatic rings. The highest BCUT2D eigenvalue weighted by Gasteiger charge is 2.54. The highest BCUT2D eigenvalue weighted by Crippen LogP contribution is 2.33. The maximum atomic E-state index is 12.9. The predicted octanol–water partition coefficient (Wildman–Crippen LogP) is 2.84. The Morgan fingerprint density at radius 2 is 1.88 bits per heavy atom. The smallest absolute Gasteiger partial charge is 0.263 e. The first kappa shape index (κ1) is 16.5. The minimum Gasteiger partial charge on any atom is -0.497 e. The number of rotatable bonds is 4. The van der Waals surface area contributed by atoms with Gasteiger partial charge in [-0.15, -0.1) is 0 Å². The Morgan fingerprint density at radius 3 is 2.62 bits per heavy atom. The number of imide groups is 1. The zero-order chi connectivity index (χ0) is 18.3. The number of carbonyl (C=O) groups excluding carboxylic acids is 2. The lowest BCUT2D eigenvalue weighted by molar-refractivity contribution is -0.123. The molecule has 0 unspecified atom stereocenters. The van der Waals surface area contributed by atoms with Gasteiger partial charge >= 0.3 is 0 Å². The van der Waals surface area contributed by atoms with Crippen molar-refractivity contribution in [2.75, 3.05) is 12.0 Å². The van der Waals surface area contributed by atoms with Crippen LogP contribution in [0, 0.1) is 0 Å². The fourth-order valence-electron chi connectivity index (χ4n) is 3.16. The monoisotopic (exact) mass is 370 g/mol. The van der Waals surface area contributed by atoms with E-state index in [1.807, 2.05) is 24.3 Å². The molecule has 0 aromatic heterocycles. The van der Waals surface area contributed by atoms with Crippen LogP contribution in [0.4, 0.5) is 5.69 Å². The van der Waals surface area contributed by atoms with Gasteiger partial charge in [-0.25, -0.2) is 4.90 Å². The normalized spacial score (nSPS) is 21.5. The van der Waals surface area contributed by atoms with Crippen LogP contribution < -0.4 is 9.64 Å². The van der Waals surface area contributed by atoms with Crippen molar-refractivity contribution < 1.29 is 14.3 Å². The summed E-state index contributed by atoms with van der Waals surface area (Å²) in [7, 11) is 1.59. The van der Waals surface area contributed by atoms with Gasteiger partial charge < -0.3 is 4.74 Å². The topological polar surface area (TPSA) is 74.6 Å². The molecule has 7 nitrogen and oxygen atoms in total. The molecular formula is C18H15ClN4O3. The zero-order valence-corrected chi connectivity index (χ0v) is 14.6. The largest absolute Gasteiger partial charge is 0.497 e. The summed E-state index contributed by atoms with van der Waals surface area (Å²) < 4.78 is 5.22. The van der Waals surface area contributed by atoms with E-state index in [9.17, 15) is 9.59 Å². The molecule has 8 heteroatoms. The summed E-state index contributed by atoms with van der Waals surface area (Å²) in [5.74, 6) is 0.00114. The molecule has 0 aliphatic carbocycles. The van der Waals surface area contributed by atoms with Gasteiger partial charge in [-0.3, -0.25) is 14.6 Å². The van der Waals surface area contributed by atoms with Gasteiger partial charge in [0.1, 0.15) is 5.75 Å². The number of methoxy groups -OCH3 is 1. The van der Waals surface area contributed by atoms with Gasteiger partial charge in [-0.1, -0.05) is 29.0 Å². The molecule has 1 saturated heterocycles. The van der Waals surface area contributed by atoms with E-state index >= 15 is 0 Å². The maximum absolute atomic E-state index is 12.9. The molecule has 1 fully saturated rings. The molecule has 0 saturated carbocycles. The second-order valence-electron chi connectivity index (χ2n) is 6.03. The van der Waals surface area contributed by atoms with Crippen molar-refractivity contribution in [2.24, 2.45) is 10.3 Å². The number of nitrogens with zero attached hydrogens (tertiary/aromatic N) is 4. The Morgan fingerprint density at radius 1 is 1.12 bits per heavy atom. The second kappa shape index (κ2) is 6.42. The maximum Gasteiger partial charge on any atom is 0.263 e. The Labute approximate surface area is 154 Å². The van der Waals surface area contributed by atoms with Crippen LogP contribution in [0.5, 0.6) is 5.75 Å². The summed E-state index contributed by atoms with van der Waals surface area (Å²) in [4.78, 5) is 26.7. The van der Waals surface area contributed by atoms with Crippen LogP contribution in [0.3, 0.4) is 0 Å². The number of anilines is 1. The Balaban J connectivity index is 1.58. The van der Waals surface area contributed by atoms with Crippen molar-refractivity contribution in [3.63, 3.8) is 0 Å². The van der Waals surface area contributed by atoms with E-state index in [0.29, 0.717) is 23.0 Å².